The number of pyridine rings is 1. The minimum absolute atomic E-state index is 0.241. The minimum atomic E-state index is 0.241. The lowest BCUT2D eigenvalue weighted by Crippen LogP contribution is -2.58. The fourth-order valence-electron chi connectivity index (χ4n) is 4.23. The molecule has 5 nitrogen and oxygen atoms in total. The molecule has 6 rings (SSSR count). The average Bonchev–Trinajstić information content (AvgIpc) is 3.18. The number of piperidine rings is 3. The van der Waals surface area contributed by atoms with Crippen LogP contribution in [0.25, 0.3) is 0 Å². The van der Waals surface area contributed by atoms with Crippen molar-refractivity contribution in [2.45, 2.75) is 31.9 Å². The quantitative estimate of drug-likeness (QED) is 0.768. The topological polar surface area (TPSA) is 43.8 Å². The van der Waals surface area contributed by atoms with E-state index in [-0.39, 0.29) is 12.9 Å². The van der Waals surface area contributed by atoms with E-state index in [1.54, 1.807) is 6.20 Å². The van der Waals surface area contributed by atoms with E-state index < -0.39 is 0 Å². The standard InChI is InChI=1S/C22H22N2O3/c1-15-22(18-8-10-24(15)11-9-18)27-21-7-5-17(13-23-21)3-2-16-4-6-19-20(12-16)26-14-25-19/h4-7,12-13,15,18,22H,8-11,14H2,1H3. The van der Waals surface area contributed by atoms with Crippen LogP contribution in [0.3, 0.4) is 0 Å². The molecule has 1 aromatic carbocycles. The molecule has 138 valence electrons. The van der Waals surface area contributed by atoms with Crippen LogP contribution in [0.15, 0.2) is 36.5 Å². The van der Waals surface area contributed by atoms with Crippen LogP contribution in [0.1, 0.15) is 30.9 Å². The fraction of sp³-hybridized carbons (Fsp3) is 0.409. The Balaban J connectivity index is 1.27. The van der Waals surface area contributed by atoms with E-state index in [2.05, 4.69) is 28.6 Å². The Hall–Kier alpha value is -2.71. The summed E-state index contributed by atoms with van der Waals surface area (Å²) in [5.74, 6) is 9.15. The lowest BCUT2D eigenvalue weighted by atomic mass is 9.81. The zero-order valence-electron chi connectivity index (χ0n) is 15.4. The van der Waals surface area contributed by atoms with Crippen molar-refractivity contribution in [1.82, 2.24) is 9.88 Å². The van der Waals surface area contributed by atoms with Gasteiger partial charge in [0, 0.05) is 29.4 Å². The summed E-state index contributed by atoms with van der Waals surface area (Å²) in [6, 6.07) is 10.1. The molecule has 2 bridgehead atoms. The first-order valence-electron chi connectivity index (χ1n) is 9.55. The highest BCUT2D eigenvalue weighted by Gasteiger charge is 2.41. The van der Waals surface area contributed by atoms with E-state index in [0.717, 1.165) is 22.6 Å². The third-order valence-electron chi connectivity index (χ3n) is 5.81. The number of hydrogen-bond donors (Lipinski definition) is 0. The first-order valence-corrected chi connectivity index (χ1v) is 9.55. The van der Waals surface area contributed by atoms with Gasteiger partial charge in [0.25, 0.3) is 0 Å². The smallest absolute Gasteiger partial charge is 0.231 e. The Morgan fingerprint density at radius 1 is 1.04 bits per heavy atom. The molecule has 4 aliphatic heterocycles. The van der Waals surface area contributed by atoms with Gasteiger partial charge in [-0.3, -0.25) is 4.90 Å². The minimum Gasteiger partial charge on any atom is -0.472 e. The van der Waals surface area contributed by atoms with E-state index in [0.29, 0.717) is 17.8 Å². The van der Waals surface area contributed by atoms with Gasteiger partial charge in [-0.15, -0.1) is 0 Å². The van der Waals surface area contributed by atoms with Crippen molar-refractivity contribution in [3.8, 4) is 29.2 Å². The van der Waals surface area contributed by atoms with Crippen LogP contribution in [0.5, 0.6) is 17.4 Å². The van der Waals surface area contributed by atoms with Crippen LogP contribution in [0.4, 0.5) is 0 Å². The van der Waals surface area contributed by atoms with Crippen molar-refractivity contribution in [2.75, 3.05) is 19.9 Å². The summed E-state index contributed by atoms with van der Waals surface area (Å²) in [7, 11) is 0. The Morgan fingerprint density at radius 3 is 2.59 bits per heavy atom. The molecule has 4 aliphatic rings. The number of rotatable bonds is 2. The third kappa shape index (κ3) is 3.22. The molecule has 0 saturated carbocycles. The van der Waals surface area contributed by atoms with Gasteiger partial charge in [-0.1, -0.05) is 11.8 Å². The van der Waals surface area contributed by atoms with Gasteiger partial charge in [-0.2, -0.15) is 0 Å². The van der Waals surface area contributed by atoms with Crippen molar-refractivity contribution in [3.05, 3.63) is 47.7 Å². The van der Waals surface area contributed by atoms with Crippen LogP contribution in [-0.4, -0.2) is 41.9 Å². The van der Waals surface area contributed by atoms with Gasteiger partial charge in [0.1, 0.15) is 6.10 Å². The first-order chi connectivity index (χ1) is 13.3. The summed E-state index contributed by atoms with van der Waals surface area (Å²) in [5, 5.41) is 0. The molecule has 5 heteroatoms. The Morgan fingerprint density at radius 2 is 1.81 bits per heavy atom. The highest BCUT2D eigenvalue weighted by molar-refractivity contribution is 5.51. The SMILES string of the molecule is CC1C(Oc2ccc(C#Cc3ccc4c(c3)OCO4)cn2)C2CCN1CC2. The summed E-state index contributed by atoms with van der Waals surface area (Å²) in [4.78, 5) is 7.00. The highest BCUT2D eigenvalue weighted by atomic mass is 16.7. The number of aromatic nitrogens is 1. The molecular weight excluding hydrogens is 340 g/mol. The van der Waals surface area contributed by atoms with Gasteiger partial charge < -0.3 is 14.2 Å². The molecule has 0 N–H and O–H groups in total. The number of ether oxygens (including phenoxy) is 3. The lowest BCUT2D eigenvalue weighted by molar-refractivity contribution is -0.0525. The summed E-state index contributed by atoms with van der Waals surface area (Å²) < 4.78 is 16.9. The van der Waals surface area contributed by atoms with Crippen molar-refractivity contribution in [3.63, 3.8) is 0 Å². The zero-order valence-corrected chi connectivity index (χ0v) is 15.4. The molecule has 3 saturated heterocycles. The molecule has 2 aromatic rings. The maximum absolute atomic E-state index is 6.24. The van der Waals surface area contributed by atoms with Crippen molar-refractivity contribution < 1.29 is 14.2 Å². The second kappa shape index (κ2) is 6.79. The van der Waals surface area contributed by atoms with Crippen LogP contribution in [-0.2, 0) is 0 Å². The summed E-state index contributed by atoms with van der Waals surface area (Å²) in [6.45, 7) is 4.94. The molecular formula is C22H22N2O3. The largest absolute Gasteiger partial charge is 0.472 e. The van der Waals surface area contributed by atoms with Gasteiger partial charge >= 0.3 is 0 Å². The normalized spacial score (nSPS) is 27.7. The highest BCUT2D eigenvalue weighted by Crippen LogP contribution is 2.34. The number of nitrogens with zero attached hydrogens (tertiary/aromatic N) is 2. The summed E-state index contributed by atoms with van der Waals surface area (Å²) in [6.07, 6.45) is 4.48. The van der Waals surface area contributed by atoms with E-state index in [9.17, 15) is 0 Å². The van der Waals surface area contributed by atoms with Crippen molar-refractivity contribution in [2.24, 2.45) is 5.92 Å². The van der Waals surface area contributed by atoms with E-state index in [4.69, 9.17) is 14.2 Å². The second-order valence-electron chi connectivity index (χ2n) is 7.40. The van der Waals surface area contributed by atoms with Crippen LogP contribution >= 0.6 is 0 Å². The molecule has 3 fully saturated rings. The van der Waals surface area contributed by atoms with Gasteiger partial charge in [-0.25, -0.2) is 4.98 Å². The molecule has 0 aliphatic carbocycles. The van der Waals surface area contributed by atoms with E-state index in [1.807, 2.05) is 30.3 Å². The summed E-state index contributed by atoms with van der Waals surface area (Å²) in [5.41, 5.74) is 1.75. The number of fused-ring (bicyclic) bond motifs is 4. The Kier molecular flexibility index (Phi) is 4.14. The van der Waals surface area contributed by atoms with Crippen LogP contribution in [0.2, 0.25) is 0 Å². The first kappa shape index (κ1) is 16.5. The van der Waals surface area contributed by atoms with Crippen LogP contribution < -0.4 is 14.2 Å². The van der Waals surface area contributed by atoms with E-state index in [1.165, 1.54) is 25.9 Å². The molecule has 2 atom stereocenters. The molecule has 0 amide bonds. The predicted molar refractivity (Wildman–Crippen MR) is 101 cm³/mol. The second-order valence-corrected chi connectivity index (χ2v) is 7.40. The summed E-state index contributed by atoms with van der Waals surface area (Å²) >= 11 is 0. The molecule has 0 spiro atoms. The van der Waals surface area contributed by atoms with Crippen LogP contribution in [0, 0.1) is 17.8 Å². The van der Waals surface area contributed by atoms with Gasteiger partial charge in [0.2, 0.25) is 12.7 Å². The number of hydrogen-bond acceptors (Lipinski definition) is 5. The average molecular weight is 362 g/mol. The number of benzene rings is 1. The Bertz CT molecular complexity index is 890. The molecule has 1 aromatic heterocycles. The molecule has 2 unspecified atom stereocenters. The van der Waals surface area contributed by atoms with Gasteiger partial charge in [0.15, 0.2) is 11.5 Å². The predicted octanol–water partition coefficient (Wildman–Crippen LogP) is 3.07. The maximum Gasteiger partial charge on any atom is 0.231 e. The molecule has 5 heterocycles. The van der Waals surface area contributed by atoms with Gasteiger partial charge in [0.05, 0.1) is 0 Å². The third-order valence-corrected chi connectivity index (χ3v) is 5.81. The lowest BCUT2D eigenvalue weighted by Gasteiger charge is -2.49. The maximum atomic E-state index is 6.24. The Labute approximate surface area is 159 Å². The monoisotopic (exact) mass is 362 g/mol. The van der Waals surface area contributed by atoms with Crippen molar-refractivity contribution >= 4 is 0 Å². The van der Waals surface area contributed by atoms with Gasteiger partial charge in [-0.05, 0) is 63.0 Å². The van der Waals surface area contributed by atoms with E-state index >= 15 is 0 Å². The fourth-order valence-corrected chi connectivity index (χ4v) is 4.23. The molecule has 27 heavy (non-hydrogen) atoms. The zero-order chi connectivity index (χ0) is 18.2. The van der Waals surface area contributed by atoms with Crippen molar-refractivity contribution in [1.29, 1.82) is 0 Å². The molecule has 0 radical (unpaired) electrons.